The molecule has 137 heavy (non-hydrogen) atoms. The quantitative estimate of drug-likeness (QED) is 0.0194. The number of unbranched alkanes of at least 4 members (excludes halogenated alkanes) is 5. The van der Waals surface area contributed by atoms with E-state index in [1.54, 1.807) is 0 Å². The average molecular weight is 1960 g/mol. The lowest BCUT2D eigenvalue weighted by Crippen LogP contribution is -2.66. The van der Waals surface area contributed by atoms with Crippen LogP contribution in [-0.2, 0) is 181 Å². The van der Waals surface area contributed by atoms with Crippen LogP contribution >= 0.6 is 0 Å². The Balaban J connectivity index is 1.37. The largest absolute Gasteiger partial charge is 0.481 e. The number of aliphatic carboxylic acids is 1. The van der Waals surface area contributed by atoms with Crippen molar-refractivity contribution in [1.82, 2.24) is 53.2 Å². The van der Waals surface area contributed by atoms with Gasteiger partial charge in [0.15, 0.2) is 55.5 Å². The lowest BCUT2D eigenvalue weighted by molar-refractivity contribution is -0.277. The first-order chi connectivity index (χ1) is 65.1. The van der Waals surface area contributed by atoms with Gasteiger partial charge in [0.2, 0.25) is 59.1 Å². The Morgan fingerprint density at radius 1 is 0.292 bits per heavy atom. The molecule has 3 fully saturated rings. The molecule has 10 amide bonds. The van der Waals surface area contributed by atoms with E-state index in [1.807, 2.05) is 0 Å². The monoisotopic (exact) mass is 1960 g/mol. The fraction of sp³-hybridized carbons (Fsp3) is 0.750. The second kappa shape index (κ2) is 65.5. The zero-order chi connectivity index (χ0) is 101. The first-order valence-corrected chi connectivity index (χ1v) is 45.8. The molecule has 49 heteroatoms. The van der Waals surface area contributed by atoms with Crippen LogP contribution in [0.5, 0.6) is 0 Å². The molecule has 11 N–H and O–H groups in total. The van der Waals surface area contributed by atoms with Crippen LogP contribution in [-0.4, -0.2) is 339 Å². The number of rotatable bonds is 64. The van der Waals surface area contributed by atoms with E-state index in [4.69, 9.17) is 90.4 Å². The topological polar surface area (TPSA) is 648 Å². The summed E-state index contributed by atoms with van der Waals surface area (Å²) in [5.41, 5.74) is 0.186. The molecule has 0 bridgehead atoms. The van der Waals surface area contributed by atoms with Crippen LogP contribution in [0.3, 0.4) is 0 Å². The Morgan fingerprint density at radius 2 is 0.577 bits per heavy atom. The van der Waals surface area contributed by atoms with Crippen molar-refractivity contribution in [2.24, 2.45) is 0 Å². The molecule has 49 nitrogen and oxygen atoms in total. The summed E-state index contributed by atoms with van der Waals surface area (Å²) in [5.74, 6) is -12.2. The fourth-order valence-electron chi connectivity index (χ4n) is 14.6. The third-order valence-corrected chi connectivity index (χ3v) is 20.5. The molecule has 3 saturated heterocycles. The van der Waals surface area contributed by atoms with E-state index in [2.05, 4.69) is 53.2 Å². The molecule has 0 unspecified atom stereocenters. The van der Waals surface area contributed by atoms with Crippen LogP contribution in [0.25, 0.3) is 0 Å². The molecule has 1 aliphatic carbocycles. The average Bonchev–Trinajstić information content (AvgIpc) is 0.793. The van der Waals surface area contributed by atoms with Gasteiger partial charge in [0.25, 0.3) is 0 Å². The molecule has 774 valence electrons. The number of hydrogen-bond donors (Lipinski definition) is 11. The van der Waals surface area contributed by atoms with Gasteiger partial charge in [-0.15, -0.1) is 0 Å². The summed E-state index contributed by atoms with van der Waals surface area (Å²) in [5, 5.41) is 36.6. The van der Waals surface area contributed by atoms with Gasteiger partial charge >= 0.3 is 59.7 Å². The molecule has 0 saturated carbocycles. The normalized spacial score (nSPS) is 23.2. The highest BCUT2D eigenvalue weighted by Crippen LogP contribution is 2.33. The highest BCUT2D eigenvalue weighted by Gasteiger charge is 2.55. The number of carbonyl (C=O) groups is 20. The molecular weight excluding hydrogens is 1820 g/mol. The highest BCUT2D eigenvalue weighted by molar-refractivity contribution is 5.94. The number of carboxylic acids is 1. The van der Waals surface area contributed by atoms with Gasteiger partial charge in [-0.2, -0.15) is 0 Å². The number of amides is 10. The fourth-order valence-corrected chi connectivity index (χ4v) is 14.6. The molecule has 3 aliphatic heterocycles. The van der Waals surface area contributed by atoms with Crippen LogP contribution in [0.2, 0.25) is 0 Å². The summed E-state index contributed by atoms with van der Waals surface area (Å²) in [6.07, 6.45) is -13.6. The van der Waals surface area contributed by atoms with Crippen LogP contribution in [0.1, 0.15) is 212 Å². The van der Waals surface area contributed by atoms with Crippen LogP contribution < -0.4 is 53.2 Å². The summed E-state index contributed by atoms with van der Waals surface area (Å²) in [7, 11) is 0. The Kier molecular flexibility index (Phi) is 56.5. The summed E-state index contributed by atoms with van der Waals surface area (Å²) in [6.45, 7) is 12.7. The Labute approximate surface area is 793 Å². The summed E-state index contributed by atoms with van der Waals surface area (Å²) in [4.78, 5) is 250. The minimum Gasteiger partial charge on any atom is -0.481 e. The van der Waals surface area contributed by atoms with Crippen molar-refractivity contribution in [2.75, 3.05) is 105 Å². The molecule has 18 atom stereocenters. The van der Waals surface area contributed by atoms with E-state index >= 15 is 0 Å². The molecule has 0 aromatic heterocycles. The predicted molar refractivity (Wildman–Crippen MR) is 468 cm³/mol. The van der Waals surface area contributed by atoms with Gasteiger partial charge in [-0.25, -0.2) is 0 Å². The van der Waals surface area contributed by atoms with Crippen LogP contribution in [0.4, 0.5) is 0 Å². The van der Waals surface area contributed by atoms with Gasteiger partial charge in [0.05, 0.1) is 25.9 Å². The van der Waals surface area contributed by atoms with E-state index in [0.29, 0.717) is 77.0 Å². The Hall–Kier alpha value is -11.2. The number of hydrogen-bond acceptors (Lipinski definition) is 38. The second-order valence-corrected chi connectivity index (χ2v) is 32.5. The van der Waals surface area contributed by atoms with E-state index in [9.17, 15) is 95.9 Å². The minimum absolute atomic E-state index is 0.0255. The molecule has 0 radical (unpaired) electrons. The van der Waals surface area contributed by atoms with Gasteiger partial charge in [0, 0.05) is 206 Å². The number of esters is 9. The van der Waals surface area contributed by atoms with Crippen molar-refractivity contribution in [3.05, 3.63) is 11.6 Å². The molecule has 4 rings (SSSR count). The molecule has 3 heterocycles. The first-order valence-electron chi connectivity index (χ1n) is 45.8. The maximum Gasteiger partial charge on any atom is 0.303 e. The second-order valence-electron chi connectivity index (χ2n) is 32.5. The number of carboxylic acid groups (broad SMARTS) is 1. The smallest absolute Gasteiger partial charge is 0.303 e. The summed E-state index contributed by atoms with van der Waals surface area (Å²) in [6, 6.07) is -3.55. The Morgan fingerprint density at radius 3 is 0.876 bits per heavy atom. The zero-order valence-electron chi connectivity index (χ0n) is 79.9. The molecule has 0 aromatic rings. The predicted octanol–water partition coefficient (Wildman–Crippen LogP) is -1.20. The highest BCUT2D eigenvalue weighted by atomic mass is 16.7. The number of carbonyl (C=O) groups excluding carboxylic acids is 19. The van der Waals surface area contributed by atoms with Crippen molar-refractivity contribution >= 4 is 119 Å². The van der Waals surface area contributed by atoms with Gasteiger partial charge < -0.3 is 144 Å². The van der Waals surface area contributed by atoms with E-state index in [0.717, 1.165) is 62.3 Å². The first kappa shape index (κ1) is 118. The third kappa shape index (κ3) is 49.6. The summed E-state index contributed by atoms with van der Waals surface area (Å²) < 4.78 is 103. The van der Waals surface area contributed by atoms with Crippen molar-refractivity contribution in [1.29, 1.82) is 0 Å². The molecule has 0 spiro atoms. The van der Waals surface area contributed by atoms with Crippen LogP contribution in [0, 0.1) is 0 Å². The standard InChI is InChI=1S/C88H138N10O39/c1-50(99)96-75-82(132-59(10)108)79(129-56(7)105)65(47-126-53(4)102)135-86(75)123-39-19-15-25-68(111)89-33-22-36-92-71(114)29-42-120-63-45-62(85(119)95-32-18-13-14-28-74(117)118)46-64(121-43-30-72(115)93-37-23-34-90-69(112)26-16-20-40-124-87-76(97-51(2)100)83(133-60(11)109)80(130-57(8)106)66(136-87)48-127-54(5)103)78(63)122-44-31-73(116)94-38-24-35-91-70(113)27-17-21-41-125-88-77(98-52(3)101)84(134-61(12)110)81(131-58(9)107)67(137-88)49-128-55(6)104/h45,63-67,75-84,86-88H,13-44,46-49H2,1-12H3,(H,89,111)(H,90,112)(H,91,113)(H,92,114)(H,93,115)(H,94,116)(H,95,119)(H,96,99)(H,97,100)(H,98,101)(H,117,118)/t63-,64-,65-,66-,67-,75-,76-,77-,78-,79+,80+,81+,82-,83-,84-,86-,87-,88-/m1/s1. The zero-order valence-corrected chi connectivity index (χ0v) is 79.9. The molecule has 0 aromatic carbocycles. The lowest BCUT2D eigenvalue weighted by Gasteiger charge is -2.44. The van der Waals surface area contributed by atoms with Crippen molar-refractivity contribution in [3.63, 3.8) is 0 Å². The Bertz CT molecular complexity index is 3990. The van der Waals surface area contributed by atoms with Crippen molar-refractivity contribution in [2.45, 2.75) is 322 Å². The third-order valence-electron chi connectivity index (χ3n) is 20.5. The van der Waals surface area contributed by atoms with Gasteiger partial charge in [-0.3, -0.25) is 95.9 Å². The van der Waals surface area contributed by atoms with Gasteiger partial charge in [-0.05, 0) is 76.7 Å². The maximum atomic E-state index is 14.0. The minimum atomic E-state index is -1.32. The number of nitrogens with one attached hydrogen (secondary N) is 10. The lowest BCUT2D eigenvalue weighted by atomic mass is 9.91. The van der Waals surface area contributed by atoms with Gasteiger partial charge in [0.1, 0.15) is 68.5 Å². The number of ether oxygens (including phenoxy) is 18. The van der Waals surface area contributed by atoms with Crippen molar-refractivity contribution < 1.29 is 186 Å². The van der Waals surface area contributed by atoms with E-state index in [-0.39, 0.29) is 160 Å². The van der Waals surface area contributed by atoms with E-state index < -0.39 is 231 Å². The van der Waals surface area contributed by atoms with E-state index in [1.165, 1.54) is 26.8 Å². The van der Waals surface area contributed by atoms with Gasteiger partial charge in [-0.1, -0.05) is 6.42 Å². The maximum absolute atomic E-state index is 14.0. The van der Waals surface area contributed by atoms with Crippen molar-refractivity contribution in [3.8, 4) is 0 Å². The molecular formula is C88H138N10O39. The summed E-state index contributed by atoms with van der Waals surface area (Å²) >= 11 is 0. The van der Waals surface area contributed by atoms with Crippen LogP contribution in [0.15, 0.2) is 11.6 Å². The molecule has 4 aliphatic rings. The SMILES string of the molecule is CC(=O)N[C@H]1[C@H](OCCCCC(=O)NCCCNC(=O)CCO[C@@H]2[C@H](OCCC(=O)NCCCNC(=O)CCCCO[C@@H]3O[C@H](COC(C)=O)[C@H](OC(C)=O)[C@H](OC(C)=O)[C@H]3NC(C)=O)C=C(C(=O)NCCCCCC(=O)O)C[C@H]2OCCC(=O)NCCCNC(=O)CCCCO[C@@H]2O[C@H](COC(C)=O)[C@H](OC(C)=O)[C@H](OC(C)=O)[C@H]2NC(C)=O)O[C@H](COC(C)=O)[C@H](OC(C)=O)[C@@H]1OC(C)=O.